The highest BCUT2D eigenvalue weighted by atomic mass is 32.2. The number of nitrogens with two attached hydrogens (primary N) is 1. The fraction of sp³-hybridized carbons (Fsp3) is 0.308. The van der Waals surface area contributed by atoms with Gasteiger partial charge < -0.3 is 10.3 Å². The molecule has 19 heavy (non-hydrogen) atoms. The maximum absolute atomic E-state index is 11.5. The van der Waals surface area contributed by atoms with Gasteiger partial charge in [-0.1, -0.05) is 11.8 Å². The second-order valence-corrected chi connectivity index (χ2v) is 5.30. The summed E-state index contributed by atoms with van der Waals surface area (Å²) in [7, 11) is 0. The molecule has 0 aliphatic heterocycles. The van der Waals surface area contributed by atoms with Crippen molar-refractivity contribution >= 4 is 17.4 Å². The predicted octanol–water partition coefficient (Wildman–Crippen LogP) is 1.71. The molecule has 2 aromatic heterocycles. The summed E-state index contributed by atoms with van der Waals surface area (Å²) in [5.74, 6) is 0.865. The quantitative estimate of drug-likeness (QED) is 0.511. The van der Waals surface area contributed by atoms with Gasteiger partial charge >= 0.3 is 0 Å². The Hall–Kier alpha value is -1.82. The van der Waals surface area contributed by atoms with E-state index in [4.69, 9.17) is 5.73 Å². The normalized spacial score (nSPS) is 10.6. The molecule has 0 spiro atoms. The molecule has 100 valence electrons. The first-order chi connectivity index (χ1) is 9.15. The molecule has 6 heteroatoms. The van der Waals surface area contributed by atoms with Gasteiger partial charge in [-0.25, -0.2) is 9.97 Å². The van der Waals surface area contributed by atoms with Gasteiger partial charge in [-0.2, -0.15) is 0 Å². The Balaban J connectivity index is 1.82. The molecule has 2 aromatic rings. The summed E-state index contributed by atoms with van der Waals surface area (Å²) in [6, 6.07) is 3.11. The van der Waals surface area contributed by atoms with Crippen molar-refractivity contribution in [3.8, 4) is 0 Å². The van der Waals surface area contributed by atoms with Crippen LogP contribution in [0, 0.1) is 6.92 Å². The van der Waals surface area contributed by atoms with Crippen LogP contribution in [0.3, 0.4) is 0 Å². The highest BCUT2D eigenvalue weighted by Crippen LogP contribution is 2.13. The maximum atomic E-state index is 11.5. The van der Waals surface area contributed by atoms with Gasteiger partial charge in [0.1, 0.15) is 0 Å². The first-order valence-electron chi connectivity index (χ1n) is 6.02. The minimum absolute atomic E-state index is 0.0224. The monoisotopic (exact) mass is 276 g/mol. The van der Waals surface area contributed by atoms with E-state index in [9.17, 15) is 4.79 Å². The molecule has 0 aliphatic carbocycles. The molecule has 2 heterocycles. The zero-order valence-electron chi connectivity index (χ0n) is 10.7. The molecular formula is C13H16N4OS. The number of nitrogens with zero attached hydrogens (tertiary/aromatic N) is 3. The van der Waals surface area contributed by atoms with Gasteiger partial charge in [0.2, 0.25) is 0 Å². The lowest BCUT2D eigenvalue weighted by Crippen LogP contribution is -2.19. The average Bonchev–Trinajstić information content (AvgIpc) is 2.40. The molecule has 2 N–H and O–H groups in total. The third-order valence-corrected chi connectivity index (χ3v) is 3.50. The minimum Gasteiger partial charge on any atom is -0.398 e. The van der Waals surface area contributed by atoms with Crippen molar-refractivity contribution in [3.05, 3.63) is 46.6 Å². The van der Waals surface area contributed by atoms with Crippen LogP contribution >= 0.6 is 11.8 Å². The number of nitrogen functional groups attached to an aromatic ring is 1. The number of rotatable bonds is 5. The molecule has 5 nitrogen and oxygen atoms in total. The summed E-state index contributed by atoms with van der Waals surface area (Å²) >= 11 is 1.59. The number of hydrogen-bond donors (Lipinski definition) is 1. The van der Waals surface area contributed by atoms with Crippen molar-refractivity contribution in [2.75, 3.05) is 11.5 Å². The Morgan fingerprint density at radius 1 is 1.32 bits per heavy atom. The Labute approximate surface area is 115 Å². The van der Waals surface area contributed by atoms with E-state index in [1.165, 1.54) is 6.07 Å². The van der Waals surface area contributed by atoms with E-state index in [-0.39, 0.29) is 5.56 Å². The van der Waals surface area contributed by atoms with Crippen LogP contribution in [0.1, 0.15) is 12.0 Å². The summed E-state index contributed by atoms with van der Waals surface area (Å²) in [5, 5.41) is 0.769. The van der Waals surface area contributed by atoms with E-state index in [2.05, 4.69) is 9.97 Å². The van der Waals surface area contributed by atoms with Crippen LogP contribution in [-0.2, 0) is 6.54 Å². The molecule has 0 atom stereocenters. The molecule has 0 saturated carbocycles. The topological polar surface area (TPSA) is 73.8 Å². The molecule has 0 fully saturated rings. The van der Waals surface area contributed by atoms with Gasteiger partial charge in [0, 0.05) is 42.6 Å². The summed E-state index contributed by atoms with van der Waals surface area (Å²) in [5.41, 5.74) is 7.29. The predicted molar refractivity (Wildman–Crippen MR) is 77.2 cm³/mol. The average molecular weight is 276 g/mol. The van der Waals surface area contributed by atoms with Crippen LogP contribution in [0.4, 0.5) is 5.69 Å². The number of anilines is 1. The van der Waals surface area contributed by atoms with Crippen molar-refractivity contribution < 1.29 is 0 Å². The first-order valence-corrected chi connectivity index (χ1v) is 7.01. The molecule has 0 aliphatic rings. The van der Waals surface area contributed by atoms with Crippen molar-refractivity contribution in [2.24, 2.45) is 0 Å². The van der Waals surface area contributed by atoms with Crippen LogP contribution in [0.2, 0.25) is 0 Å². The standard InChI is InChI=1S/C13H16N4OS/c1-10-7-15-13(16-8-10)19-6-2-5-17-9-11(14)3-4-12(17)18/h3-4,7-9H,2,5-6,14H2,1H3. The van der Waals surface area contributed by atoms with Gasteiger partial charge in [-0.15, -0.1) is 0 Å². The lowest BCUT2D eigenvalue weighted by Gasteiger charge is -2.05. The Morgan fingerprint density at radius 3 is 2.79 bits per heavy atom. The first kappa shape index (κ1) is 13.6. The zero-order chi connectivity index (χ0) is 13.7. The van der Waals surface area contributed by atoms with Gasteiger partial charge in [0.05, 0.1) is 0 Å². The van der Waals surface area contributed by atoms with Crippen molar-refractivity contribution in [3.63, 3.8) is 0 Å². The second kappa shape index (κ2) is 6.38. The van der Waals surface area contributed by atoms with Gasteiger partial charge in [-0.3, -0.25) is 4.79 Å². The smallest absolute Gasteiger partial charge is 0.250 e. The third kappa shape index (κ3) is 4.10. The lowest BCUT2D eigenvalue weighted by atomic mass is 10.4. The Bertz CT molecular complexity index is 594. The largest absolute Gasteiger partial charge is 0.398 e. The summed E-state index contributed by atoms with van der Waals surface area (Å²) in [6.45, 7) is 2.61. The van der Waals surface area contributed by atoms with E-state index in [1.807, 2.05) is 6.92 Å². The van der Waals surface area contributed by atoms with Gasteiger partial charge in [0.25, 0.3) is 5.56 Å². The summed E-state index contributed by atoms with van der Waals surface area (Å²) in [4.78, 5) is 20.0. The van der Waals surface area contributed by atoms with E-state index in [0.29, 0.717) is 12.2 Å². The van der Waals surface area contributed by atoms with Crippen molar-refractivity contribution in [1.82, 2.24) is 14.5 Å². The number of aromatic nitrogens is 3. The molecule has 0 radical (unpaired) electrons. The van der Waals surface area contributed by atoms with Gasteiger partial charge in [-0.05, 0) is 25.0 Å². The fourth-order valence-corrected chi connectivity index (χ4v) is 2.29. The summed E-state index contributed by atoms with van der Waals surface area (Å²) < 4.78 is 1.63. The van der Waals surface area contributed by atoms with Crippen LogP contribution in [-0.4, -0.2) is 20.3 Å². The minimum atomic E-state index is -0.0224. The number of aryl methyl sites for hydroxylation is 2. The third-order valence-electron chi connectivity index (χ3n) is 2.54. The molecule has 0 amide bonds. The number of hydrogen-bond acceptors (Lipinski definition) is 5. The maximum Gasteiger partial charge on any atom is 0.250 e. The van der Waals surface area contributed by atoms with Crippen molar-refractivity contribution in [1.29, 1.82) is 0 Å². The number of pyridine rings is 1. The number of thioether (sulfide) groups is 1. The Kier molecular flexibility index (Phi) is 4.57. The van der Waals surface area contributed by atoms with Crippen molar-refractivity contribution in [2.45, 2.75) is 25.0 Å². The van der Waals surface area contributed by atoms with E-state index in [1.54, 1.807) is 41.0 Å². The molecule has 0 bridgehead atoms. The molecule has 2 rings (SSSR count). The van der Waals surface area contributed by atoms with Crippen LogP contribution in [0.25, 0.3) is 0 Å². The zero-order valence-corrected chi connectivity index (χ0v) is 11.6. The highest BCUT2D eigenvalue weighted by Gasteiger charge is 1.99. The van der Waals surface area contributed by atoms with Crippen LogP contribution < -0.4 is 11.3 Å². The summed E-state index contributed by atoms with van der Waals surface area (Å²) in [6.07, 6.45) is 6.15. The molecular weight excluding hydrogens is 260 g/mol. The second-order valence-electron chi connectivity index (χ2n) is 4.24. The lowest BCUT2D eigenvalue weighted by molar-refractivity contribution is 0.659. The molecule has 0 saturated heterocycles. The van der Waals surface area contributed by atoms with Crippen LogP contribution in [0.5, 0.6) is 0 Å². The molecule has 0 unspecified atom stereocenters. The van der Waals surface area contributed by atoms with E-state index < -0.39 is 0 Å². The van der Waals surface area contributed by atoms with Gasteiger partial charge in [0.15, 0.2) is 5.16 Å². The SMILES string of the molecule is Cc1cnc(SCCCn2cc(N)ccc2=O)nc1. The van der Waals surface area contributed by atoms with Crippen LogP contribution in [0.15, 0.2) is 40.7 Å². The van der Waals surface area contributed by atoms with E-state index in [0.717, 1.165) is 22.9 Å². The van der Waals surface area contributed by atoms with E-state index >= 15 is 0 Å². The molecule has 0 aromatic carbocycles. The highest BCUT2D eigenvalue weighted by molar-refractivity contribution is 7.99. The Morgan fingerprint density at radius 2 is 2.05 bits per heavy atom. The fourth-order valence-electron chi connectivity index (χ4n) is 1.58.